The summed E-state index contributed by atoms with van der Waals surface area (Å²) in [5.74, 6) is -0.150. The minimum absolute atomic E-state index is 0.216. The molecule has 1 unspecified atom stereocenters. The molecule has 3 atom stereocenters. The van der Waals surface area contributed by atoms with Gasteiger partial charge in [0.25, 0.3) is 0 Å². The van der Waals surface area contributed by atoms with E-state index < -0.39 is 29.6 Å². The molecular formula is C36H49N5O6. The molecule has 4 bridgehead atoms. The second-order valence-electron chi connectivity index (χ2n) is 13.6. The average Bonchev–Trinajstić information content (AvgIpc) is 3.06. The molecule has 2 fully saturated rings. The molecule has 2 saturated heterocycles. The maximum absolute atomic E-state index is 14.0. The number of fused-ring (bicyclic) bond motifs is 4. The lowest BCUT2D eigenvalue weighted by molar-refractivity contribution is -0.137. The molecule has 0 saturated carbocycles. The Kier molecular flexibility index (Phi) is 11.4. The molecule has 2 aromatic carbocycles. The van der Waals surface area contributed by atoms with E-state index in [1.54, 1.807) is 16.7 Å². The van der Waals surface area contributed by atoms with Crippen LogP contribution < -0.4 is 20.7 Å². The number of aliphatic hydroxyl groups is 1. The van der Waals surface area contributed by atoms with Crippen molar-refractivity contribution in [3.63, 3.8) is 0 Å². The third kappa shape index (κ3) is 9.70. The first-order chi connectivity index (χ1) is 22.6. The van der Waals surface area contributed by atoms with Crippen molar-refractivity contribution in [2.75, 3.05) is 32.8 Å². The minimum Gasteiger partial charge on any atom is -0.494 e. The van der Waals surface area contributed by atoms with Gasteiger partial charge in [0, 0.05) is 32.7 Å². The number of likely N-dealkylation sites (tertiary alicyclic amines) is 1. The van der Waals surface area contributed by atoms with E-state index in [-0.39, 0.29) is 30.7 Å². The molecule has 3 aliphatic rings. The molecule has 3 aliphatic heterocycles. The molecule has 2 aromatic rings. The standard InChI is InChI=1S/C36H49N5O6/c1-25-10-12-29-21-28(25)23-37-33(43)30(13-11-26-7-4-3-5-8-26)38-34(44)31(39-35(45)40-18-15-36(2,46)16-19-40)22-32(42)41-17-6-9-27(24-41)14-20-47-29/h3-5,7-8,10,12,21,27,30-31,46H,6,9,11,13-20,22-24H2,1-2H3,(H,37,43)(H,38,44)(H,39,45)/t27?,30-,31-/m0/s1. The third-order valence-electron chi connectivity index (χ3n) is 9.76. The number of benzene rings is 2. The van der Waals surface area contributed by atoms with E-state index in [2.05, 4.69) is 16.0 Å². The van der Waals surface area contributed by atoms with Gasteiger partial charge in [-0.05, 0) is 93.5 Å². The molecule has 47 heavy (non-hydrogen) atoms. The van der Waals surface area contributed by atoms with Gasteiger partial charge in [-0.25, -0.2) is 4.79 Å². The zero-order chi connectivity index (χ0) is 33.4. The van der Waals surface area contributed by atoms with Gasteiger partial charge >= 0.3 is 6.03 Å². The van der Waals surface area contributed by atoms with E-state index in [9.17, 15) is 24.3 Å². The fraction of sp³-hybridized carbons (Fsp3) is 0.556. The third-order valence-corrected chi connectivity index (χ3v) is 9.76. The molecular weight excluding hydrogens is 598 g/mol. The normalized spacial score (nSPS) is 24.2. The highest BCUT2D eigenvalue weighted by atomic mass is 16.5. The number of rotatable bonds is 4. The van der Waals surface area contributed by atoms with Crippen LogP contribution in [0.5, 0.6) is 5.75 Å². The number of ether oxygens (including phenoxy) is 1. The van der Waals surface area contributed by atoms with Crippen molar-refractivity contribution >= 4 is 23.8 Å². The van der Waals surface area contributed by atoms with E-state index in [4.69, 9.17) is 4.74 Å². The summed E-state index contributed by atoms with van der Waals surface area (Å²) in [6, 6.07) is 13.0. The lowest BCUT2D eigenvalue weighted by Crippen LogP contribution is -2.58. The van der Waals surface area contributed by atoms with Crippen molar-refractivity contribution in [3.05, 3.63) is 65.2 Å². The number of hydrogen-bond acceptors (Lipinski definition) is 6. The van der Waals surface area contributed by atoms with Crippen LogP contribution in [0.3, 0.4) is 0 Å². The molecule has 0 spiro atoms. The van der Waals surface area contributed by atoms with Crippen LogP contribution in [0, 0.1) is 12.8 Å². The molecule has 0 radical (unpaired) electrons. The quantitative estimate of drug-likeness (QED) is 0.402. The zero-order valence-electron chi connectivity index (χ0n) is 27.6. The number of carbonyl (C=O) groups is 4. The van der Waals surface area contributed by atoms with Gasteiger partial charge in [0.15, 0.2) is 0 Å². The summed E-state index contributed by atoms with van der Waals surface area (Å²) < 4.78 is 6.11. The lowest BCUT2D eigenvalue weighted by atomic mass is 9.94. The number of amides is 5. The van der Waals surface area contributed by atoms with Gasteiger partial charge in [0.2, 0.25) is 17.7 Å². The van der Waals surface area contributed by atoms with E-state index in [1.807, 2.05) is 55.5 Å². The predicted octanol–water partition coefficient (Wildman–Crippen LogP) is 3.07. The number of nitrogens with zero attached hydrogens (tertiary/aromatic N) is 2. The second-order valence-corrected chi connectivity index (χ2v) is 13.6. The molecule has 254 valence electrons. The monoisotopic (exact) mass is 647 g/mol. The number of piperidine rings is 2. The number of aryl methyl sites for hydroxylation is 2. The van der Waals surface area contributed by atoms with Crippen LogP contribution in [0.25, 0.3) is 0 Å². The first-order valence-electron chi connectivity index (χ1n) is 17.0. The highest BCUT2D eigenvalue weighted by Crippen LogP contribution is 2.24. The Hall–Kier alpha value is -4.12. The van der Waals surface area contributed by atoms with Gasteiger partial charge in [-0.3, -0.25) is 14.4 Å². The summed E-state index contributed by atoms with van der Waals surface area (Å²) >= 11 is 0. The van der Waals surface area contributed by atoms with E-state index in [0.29, 0.717) is 58.5 Å². The van der Waals surface area contributed by atoms with Crippen LogP contribution in [0.4, 0.5) is 4.79 Å². The van der Waals surface area contributed by atoms with Crippen LogP contribution in [0.15, 0.2) is 48.5 Å². The maximum atomic E-state index is 14.0. The first kappa shape index (κ1) is 34.2. The number of nitrogens with one attached hydrogen (secondary N) is 3. The fourth-order valence-electron chi connectivity index (χ4n) is 6.55. The summed E-state index contributed by atoms with van der Waals surface area (Å²) in [5.41, 5.74) is 2.11. The molecule has 0 aliphatic carbocycles. The number of urea groups is 1. The van der Waals surface area contributed by atoms with Gasteiger partial charge in [-0.1, -0.05) is 36.4 Å². The SMILES string of the molecule is Cc1ccc2cc1CNC(=O)[C@H](CCc1ccccc1)NC(=O)[C@@H](NC(=O)N1CCC(C)(O)CC1)CC(=O)N1CCCC(CCO2)C1. The molecule has 11 heteroatoms. The van der Waals surface area contributed by atoms with Crippen LogP contribution >= 0.6 is 0 Å². The van der Waals surface area contributed by atoms with E-state index >= 15 is 0 Å². The molecule has 3 heterocycles. The van der Waals surface area contributed by atoms with Crippen molar-refractivity contribution in [2.45, 2.75) is 89.4 Å². The van der Waals surface area contributed by atoms with Gasteiger partial charge < -0.3 is 35.6 Å². The molecule has 4 N–H and O–H groups in total. The number of carbonyl (C=O) groups excluding carboxylic acids is 4. The van der Waals surface area contributed by atoms with Gasteiger partial charge in [-0.15, -0.1) is 0 Å². The van der Waals surface area contributed by atoms with Gasteiger partial charge in [-0.2, -0.15) is 0 Å². The lowest BCUT2D eigenvalue weighted by Gasteiger charge is -2.37. The van der Waals surface area contributed by atoms with Gasteiger partial charge in [0.1, 0.15) is 17.8 Å². The van der Waals surface area contributed by atoms with Crippen molar-refractivity contribution in [1.29, 1.82) is 0 Å². The smallest absolute Gasteiger partial charge is 0.318 e. The Balaban J connectivity index is 1.39. The zero-order valence-corrected chi connectivity index (χ0v) is 27.6. The van der Waals surface area contributed by atoms with Crippen LogP contribution in [0.2, 0.25) is 0 Å². The molecule has 0 aromatic heterocycles. The van der Waals surface area contributed by atoms with E-state index in [1.165, 1.54) is 0 Å². The van der Waals surface area contributed by atoms with Crippen LogP contribution in [-0.4, -0.2) is 89.1 Å². The molecule has 5 amide bonds. The summed E-state index contributed by atoms with van der Waals surface area (Å²) in [6.07, 6.45) is 4.10. The Morgan fingerprint density at radius 3 is 2.57 bits per heavy atom. The summed E-state index contributed by atoms with van der Waals surface area (Å²) in [7, 11) is 0. The Morgan fingerprint density at radius 2 is 1.81 bits per heavy atom. The Labute approximate surface area is 277 Å². The largest absolute Gasteiger partial charge is 0.494 e. The minimum atomic E-state index is -1.18. The van der Waals surface area contributed by atoms with Crippen molar-refractivity contribution < 1.29 is 29.0 Å². The van der Waals surface area contributed by atoms with E-state index in [0.717, 1.165) is 41.7 Å². The van der Waals surface area contributed by atoms with Gasteiger partial charge in [0.05, 0.1) is 18.6 Å². The summed E-state index contributed by atoms with van der Waals surface area (Å²) in [6.45, 7) is 6.31. The second kappa shape index (κ2) is 15.6. The Morgan fingerprint density at radius 1 is 1.04 bits per heavy atom. The van der Waals surface area contributed by atoms with Crippen LogP contribution in [-0.2, 0) is 27.3 Å². The molecule has 5 rings (SSSR count). The topological polar surface area (TPSA) is 140 Å². The highest BCUT2D eigenvalue weighted by molar-refractivity contribution is 5.94. The fourth-order valence-corrected chi connectivity index (χ4v) is 6.55. The Bertz CT molecular complexity index is 1410. The van der Waals surface area contributed by atoms with Crippen molar-refractivity contribution in [2.24, 2.45) is 5.92 Å². The van der Waals surface area contributed by atoms with Crippen molar-refractivity contribution in [3.8, 4) is 5.75 Å². The van der Waals surface area contributed by atoms with Crippen LogP contribution in [0.1, 0.15) is 68.6 Å². The summed E-state index contributed by atoms with van der Waals surface area (Å²) in [5, 5.41) is 19.1. The highest BCUT2D eigenvalue weighted by Gasteiger charge is 2.35. The number of hydrogen-bond donors (Lipinski definition) is 4. The summed E-state index contributed by atoms with van der Waals surface area (Å²) in [4.78, 5) is 58.0. The maximum Gasteiger partial charge on any atom is 0.318 e. The average molecular weight is 648 g/mol. The first-order valence-corrected chi connectivity index (χ1v) is 17.0. The van der Waals surface area contributed by atoms with Crippen molar-refractivity contribution in [1.82, 2.24) is 25.8 Å². The predicted molar refractivity (Wildman–Crippen MR) is 178 cm³/mol. The molecule has 11 nitrogen and oxygen atoms in total.